The number of rotatable bonds is 3. The second-order valence-electron chi connectivity index (χ2n) is 4.23. The molecular formula is C12H15BrClNS. The minimum Gasteiger partial charge on any atom is -0.327 e. The van der Waals surface area contributed by atoms with Crippen molar-refractivity contribution >= 4 is 39.3 Å². The monoisotopic (exact) mass is 319 g/mol. The molecule has 0 aliphatic carbocycles. The van der Waals surface area contributed by atoms with Gasteiger partial charge in [-0.2, -0.15) is 11.8 Å². The third-order valence-electron chi connectivity index (χ3n) is 3.04. The highest BCUT2D eigenvalue weighted by Crippen LogP contribution is 2.29. The van der Waals surface area contributed by atoms with E-state index < -0.39 is 0 Å². The van der Waals surface area contributed by atoms with Crippen molar-refractivity contribution in [3.63, 3.8) is 0 Å². The van der Waals surface area contributed by atoms with E-state index in [-0.39, 0.29) is 6.04 Å². The van der Waals surface area contributed by atoms with Gasteiger partial charge in [-0.15, -0.1) is 0 Å². The number of nitrogens with two attached hydrogens (primary N) is 1. The third kappa shape index (κ3) is 3.16. The van der Waals surface area contributed by atoms with E-state index in [1.165, 1.54) is 17.9 Å². The van der Waals surface area contributed by atoms with E-state index in [0.29, 0.717) is 5.92 Å². The maximum absolute atomic E-state index is 6.23. The largest absolute Gasteiger partial charge is 0.327 e. The average molecular weight is 321 g/mol. The van der Waals surface area contributed by atoms with Gasteiger partial charge in [-0.05, 0) is 48.0 Å². The molecule has 1 aromatic carbocycles. The Morgan fingerprint density at radius 3 is 3.00 bits per heavy atom. The summed E-state index contributed by atoms with van der Waals surface area (Å²) < 4.78 is 1.02. The predicted octanol–water partition coefficient (Wildman–Crippen LogP) is 3.73. The molecule has 0 spiro atoms. The molecule has 1 heterocycles. The standard InChI is InChI=1S/C12H15BrClNS/c13-10-2-1-8(11(14)6-10)5-12(15)9-3-4-16-7-9/h1-2,6,9,12H,3-5,7,15H2. The van der Waals surface area contributed by atoms with Crippen molar-refractivity contribution in [2.24, 2.45) is 11.7 Å². The van der Waals surface area contributed by atoms with Gasteiger partial charge in [-0.25, -0.2) is 0 Å². The second kappa shape index (κ2) is 5.76. The summed E-state index contributed by atoms with van der Waals surface area (Å²) in [6.07, 6.45) is 2.14. The zero-order chi connectivity index (χ0) is 11.5. The van der Waals surface area contributed by atoms with Gasteiger partial charge in [0.2, 0.25) is 0 Å². The minimum atomic E-state index is 0.244. The van der Waals surface area contributed by atoms with E-state index in [1.807, 2.05) is 23.9 Å². The zero-order valence-corrected chi connectivity index (χ0v) is 12.1. The summed E-state index contributed by atoms with van der Waals surface area (Å²) in [5.74, 6) is 3.12. The quantitative estimate of drug-likeness (QED) is 0.918. The van der Waals surface area contributed by atoms with E-state index in [9.17, 15) is 0 Å². The van der Waals surface area contributed by atoms with E-state index in [2.05, 4.69) is 22.0 Å². The van der Waals surface area contributed by atoms with Gasteiger partial charge in [0.15, 0.2) is 0 Å². The molecule has 88 valence electrons. The molecule has 0 aromatic heterocycles. The first-order chi connectivity index (χ1) is 7.66. The van der Waals surface area contributed by atoms with Crippen LogP contribution in [0.4, 0.5) is 0 Å². The lowest BCUT2D eigenvalue weighted by Crippen LogP contribution is -2.32. The smallest absolute Gasteiger partial charge is 0.0449 e. The van der Waals surface area contributed by atoms with Crippen LogP contribution in [-0.2, 0) is 6.42 Å². The van der Waals surface area contributed by atoms with Gasteiger partial charge in [0.25, 0.3) is 0 Å². The van der Waals surface area contributed by atoms with Crippen LogP contribution in [0.15, 0.2) is 22.7 Å². The summed E-state index contributed by atoms with van der Waals surface area (Å²) in [4.78, 5) is 0. The molecule has 2 atom stereocenters. The van der Waals surface area contributed by atoms with E-state index in [0.717, 1.165) is 21.5 Å². The SMILES string of the molecule is NC(Cc1ccc(Br)cc1Cl)C1CCSC1. The summed E-state index contributed by atoms with van der Waals surface area (Å²) in [5, 5.41) is 0.815. The van der Waals surface area contributed by atoms with Crippen LogP contribution in [0.5, 0.6) is 0 Å². The van der Waals surface area contributed by atoms with Crippen LogP contribution in [0, 0.1) is 5.92 Å². The Hall–Kier alpha value is 0.300. The molecule has 2 N–H and O–H groups in total. The van der Waals surface area contributed by atoms with E-state index in [4.69, 9.17) is 17.3 Å². The van der Waals surface area contributed by atoms with Crippen LogP contribution in [-0.4, -0.2) is 17.5 Å². The molecule has 2 rings (SSSR count). The summed E-state index contributed by atoms with van der Waals surface area (Å²) in [7, 11) is 0. The zero-order valence-electron chi connectivity index (χ0n) is 8.96. The minimum absolute atomic E-state index is 0.244. The van der Waals surface area contributed by atoms with Crippen LogP contribution in [0.2, 0.25) is 5.02 Å². The van der Waals surface area contributed by atoms with Gasteiger partial charge in [0, 0.05) is 15.5 Å². The van der Waals surface area contributed by atoms with Crippen molar-refractivity contribution in [2.75, 3.05) is 11.5 Å². The van der Waals surface area contributed by atoms with Gasteiger partial charge in [0.05, 0.1) is 0 Å². The highest BCUT2D eigenvalue weighted by Gasteiger charge is 2.23. The molecular weight excluding hydrogens is 306 g/mol. The molecule has 1 saturated heterocycles. The van der Waals surface area contributed by atoms with Gasteiger partial charge < -0.3 is 5.73 Å². The number of thioether (sulfide) groups is 1. The number of hydrogen-bond donors (Lipinski definition) is 1. The first-order valence-electron chi connectivity index (χ1n) is 5.44. The Labute approximate surface area is 114 Å². The Bertz CT molecular complexity index is 366. The predicted molar refractivity (Wildman–Crippen MR) is 76.3 cm³/mol. The molecule has 1 aliphatic rings. The van der Waals surface area contributed by atoms with Crippen molar-refractivity contribution in [1.29, 1.82) is 0 Å². The molecule has 4 heteroatoms. The number of halogens is 2. The summed E-state index contributed by atoms with van der Waals surface area (Å²) in [5.41, 5.74) is 7.40. The van der Waals surface area contributed by atoms with E-state index in [1.54, 1.807) is 0 Å². The lowest BCUT2D eigenvalue weighted by molar-refractivity contribution is 0.463. The Kier molecular flexibility index (Phi) is 4.59. The van der Waals surface area contributed by atoms with Gasteiger partial charge in [-0.3, -0.25) is 0 Å². The average Bonchev–Trinajstić information content (AvgIpc) is 2.75. The van der Waals surface area contributed by atoms with Crippen molar-refractivity contribution in [3.05, 3.63) is 33.3 Å². The fourth-order valence-electron chi connectivity index (χ4n) is 2.00. The first-order valence-corrected chi connectivity index (χ1v) is 7.76. The molecule has 0 saturated carbocycles. The molecule has 1 aromatic rings. The topological polar surface area (TPSA) is 26.0 Å². The maximum atomic E-state index is 6.23. The second-order valence-corrected chi connectivity index (χ2v) is 6.70. The van der Waals surface area contributed by atoms with Gasteiger partial charge >= 0.3 is 0 Å². The summed E-state index contributed by atoms with van der Waals surface area (Å²) >= 11 is 11.6. The summed E-state index contributed by atoms with van der Waals surface area (Å²) in [6.45, 7) is 0. The third-order valence-corrected chi connectivity index (χ3v) is 5.07. The maximum Gasteiger partial charge on any atom is 0.0449 e. The van der Waals surface area contributed by atoms with Crippen molar-refractivity contribution in [3.8, 4) is 0 Å². The molecule has 2 unspecified atom stereocenters. The fourth-order valence-corrected chi connectivity index (χ4v) is 4.10. The lowest BCUT2D eigenvalue weighted by Gasteiger charge is -2.18. The molecule has 0 amide bonds. The van der Waals surface area contributed by atoms with Crippen molar-refractivity contribution in [1.82, 2.24) is 0 Å². The molecule has 1 aliphatic heterocycles. The first kappa shape index (κ1) is 12.7. The Morgan fingerprint density at radius 1 is 1.56 bits per heavy atom. The molecule has 0 radical (unpaired) electrons. The van der Waals surface area contributed by atoms with Crippen LogP contribution in [0.1, 0.15) is 12.0 Å². The van der Waals surface area contributed by atoms with Crippen LogP contribution in [0.3, 0.4) is 0 Å². The highest BCUT2D eigenvalue weighted by atomic mass is 79.9. The molecule has 1 fully saturated rings. The van der Waals surface area contributed by atoms with Gasteiger partial charge in [-0.1, -0.05) is 33.6 Å². The van der Waals surface area contributed by atoms with Crippen LogP contribution in [0.25, 0.3) is 0 Å². The Balaban J connectivity index is 2.02. The number of benzene rings is 1. The van der Waals surface area contributed by atoms with Crippen LogP contribution < -0.4 is 5.73 Å². The van der Waals surface area contributed by atoms with E-state index >= 15 is 0 Å². The molecule has 1 nitrogen and oxygen atoms in total. The van der Waals surface area contributed by atoms with Crippen molar-refractivity contribution < 1.29 is 0 Å². The number of hydrogen-bond acceptors (Lipinski definition) is 2. The van der Waals surface area contributed by atoms with Crippen molar-refractivity contribution in [2.45, 2.75) is 18.9 Å². The fraction of sp³-hybridized carbons (Fsp3) is 0.500. The lowest BCUT2D eigenvalue weighted by atomic mass is 9.94. The highest BCUT2D eigenvalue weighted by molar-refractivity contribution is 9.10. The summed E-state index contributed by atoms with van der Waals surface area (Å²) in [6, 6.07) is 6.27. The Morgan fingerprint density at radius 2 is 2.38 bits per heavy atom. The molecule has 16 heavy (non-hydrogen) atoms. The van der Waals surface area contributed by atoms with Crippen LogP contribution >= 0.6 is 39.3 Å². The molecule has 0 bridgehead atoms. The van der Waals surface area contributed by atoms with Gasteiger partial charge in [0.1, 0.15) is 0 Å². The normalized spacial score (nSPS) is 22.3.